The Balaban J connectivity index is 3.59. The second-order valence-corrected chi connectivity index (χ2v) is 21.1. The summed E-state index contributed by atoms with van der Waals surface area (Å²) in [5, 5.41) is 71.9. The summed E-state index contributed by atoms with van der Waals surface area (Å²) in [6.07, 6.45) is -4.63. The minimum absolute atomic E-state index is 0.00405. The summed E-state index contributed by atoms with van der Waals surface area (Å²) >= 11 is 0. The Morgan fingerprint density at radius 1 is 0.430 bits per heavy atom. The van der Waals surface area contributed by atoms with Gasteiger partial charge in [-0.2, -0.15) is 0 Å². The van der Waals surface area contributed by atoms with Gasteiger partial charge in [0.15, 0.2) is 0 Å². The highest BCUT2D eigenvalue weighted by atomic mass is 16.4. The first kappa shape index (κ1) is 75.2. The third kappa shape index (κ3) is 29.1. The van der Waals surface area contributed by atoms with Gasteiger partial charge in [-0.3, -0.25) is 67.1 Å². The molecule has 0 saturated carbocycles. The highest BCUT2D eigenvalue weighted by molar-refractivity contribution is 6.00. The molecule has 0 saturated heterocycles. The molecule has 1 rings (SSSR count). The zero-order valence-corrected chi connectivity index (χ0v) is 48.7. The van der Waals surface area contributed by atoms with Crippen LogP contribution in [0.1, 0.15) is 111 Å². The summed E-state index contributed by atoms with van der Waals surface area (Å²) in [5.74, 6) is -19.5. The van der Waals surface area contributed by atoms with Gasteiger partial charge in [-0.05, 0) is 76.3 Å². The van der Waals surface area contributed by atoms with Crippen LogP contribution < -0.4 is 70.4 Å². The number of aliphatic hydroxyl groups is 1. The molecule has 0 fully saturated rings. The number of hydrogen-bond acceptors (Lipinski definition) is 18. The van der Waals surface area contributed by atoms with Gasteiger partial charge in [0, 0.05) is 12.8 Å². The highest BCUT2D eigenvalue weighted by Crippen LogP contribution is 2.12. The molecule has 480 valence electrons. The zero-order chi connectivity index (χ0) is 65.5. The highest BCUT2D eigenvalue weighted by Gasteiger charge is 2.37. The van der Waals surface area contributed by atoms with E-state index in [0.29, 0.717) is 12.0 Å². The molecule has 1 aromatic rings. The molecule has 1 aromatic carbocycles. The Morgan fingerprint density at radius 2 is 0.791 bits per heavy atom. The maximum Gasteiger partial charge on any atom is 0.326 e. The average molecular weight is 1220 g/mol. The maximum atomic E-state index is 14.2. The standard InChI is InChI=1S/C53H83N13O20/c1-25(2)18-32(61-49(81)34(21-40(69)70)60-44(76)28(6)57-43(75)27(5)55)47(79)63-36(23-42(73)74)51(83)64-35(22-41(71)72)50(82)62-33(20-29-12-8-7-9-13-29)48(80)66-38(24-67)52(84)58-30(14-10-11-17-54)45(77)59-31(15-16-39(56)68)46(78)65-37(53(85)86)19-26(3)4/h7-9,12-13,25-28,30-38,67H,10-11,14-24,54-55H2,1-6H3,(H2,56,68)(H,57,75)(H,58,84)(H,59,77)(H,60,76)(H,61,81)(H,62,82)(H,63,79)(H,64,83)(H,65,78)(H,66,80)(H,69,70)(H,71,72)(H,73,74)(H,85,86)/t27-,28-,30-,31-,32-,33-,34-,35-,36-,37-,38-/m0/s1. The van der Waals surface area contributed by atoms with Crippen LogP contribution in [0.3, 0.4) is 0 Å². The van der Waals surface area contributed by atoms with Crippen LogP contribution in [-0.2, 0) is 78.3 Å². The largest absolute Gasteiger partial charge is 0.481 e. The number of unbranched alkanes of at least 4 members (excludes halogenated alkanes) is 1. The quantitative estimate of drug-likeness (QED) is 0.0272. The monoisotopic (exact) mass is 1220 g/mol. The average Bonchev–Trinajstić information content (AvgIpc) is 2.73. The second kappa shape index (κ2) is 38.2. The number of carboxylic acids is 4. The normalized spacial score (nSPS) is 14.9. The summed E-state index contributed by atoms with van der Waals surface area (Å²) in [7, 11) is 0. The van der Waals surface area contributed by atoms with Crippen LogP contribution in [0.25, 0.3) is 0 Å². The number of nitrogens with two attached hydrogens (primary N) is 3. The lowest BCUT2D eigenvalue weighted by Crippen LogP contribution is -2.61. The first-order chi connectivity index (χ1) is 40.2. The lowest BCUT2D eigenvalue weighted by atomic mass is 10.0. The topological polar surface area (TPSA) is 556 Å². The fourth-order valence-corrected chi connectivity index (χ4v) is 8.00. The molecule has 86 heavy (non-hydrogen) atoms. The zero-order valence-electron chi connectivity index (χ0n) is 48.7. The lowest BCUT2D eigenvalue weighted by molar-refractivity contribution is -0.144. The van der Waals surface area contributed by atoms with Crippen LogP contribution >= 0.6 is 0 Å². The molecule has 0 aromatic heterocycles. The van der Waals surface area contributed by atoms with E-state index in [0.717, 1.165) is 0 Å². The number of hydrogen-bond donors (Lipinski definition) is 18. The number of carbonyl (C=O) groups is 15. The van der Waals surface area contributed by atoms with Crippen molar-refractivity contribution in [1.29, 1.82) is 0 Å². The van der Waals surface area contributed by atoms with Crippen LogP contribution in [0.2, 0.25) is 0 Å². The lowest BCUT2D eigenvalue weighted by Gasteiger charge is -2.28. The Bertz CT molecular complexity index is 2550. The number of aliphatic carboxylic acids is 4. The number of primary amides is 1. The Labute approximate surface area is 494 Å². The van der Waals surface area contributed by atoms with E-state index in [4.69, 9.17) is 17.2 Å². The number of carbonyl (C=O) groups excluding carboxylic acids is 11. The van der Waals surface area contributed by atoms with Gasteiger partial charge in [0.1, 0.15) is 60.4 Å². The van der Waals surface area contributed by atoms with E-state index >= 15 is 0 Å². The number of nitrogens with one attached hydrogen (secondary N) is 10. The van der Waals surface area contributed by atoms with Crippen LogP contribution in [0.4, 0.5) is 0 Å². The molecule has 0 aliphatic rings. The van der Waals surface area contributed by atoms with E-state index in [1.165, 1.54) is 26.0 Å². The molecular formula is C53H83N13O20. The van der Waals surface area contributed by atoms with Crippen molar-refractivity contribution in [1.82, 2.24) is 53.2 Å². The number of benzene rings is 1. The van der Waals surface area contributed by atoms with E-state index in [2.05, 4.69) is 53.2 Å². The molecule has 0 aliphatic carbocycles. The van der Waals surface area contributed by atoms with Crippen molar-refractivity contribution >= 4 is 88.9 Å². The SMILES string of the molecule is CC(C)C[C@H](NC(=O)[C@H](CCC(N)=O)NC(=O)[C@H](CCCCN)NC(=O)[C@H](CO)NC(=O)[C@H](Cc1ccccc1)NC(=O)[C@H](CC(=O)O)NC(=O)[C@H](CC(=O)O)NC(=O)[C@H](CC(C)C)NC(=O)[C@H](CC(=O)O)NC(=O)[C@H](C)NC(=O)[C@H](C)N)C(=O)O. The van der Waals surface area contributed by atoms with Gasteiger partial charge < -0.3 is 95.9 Å². The van der Waals surface area contributed by atoms with Crippen molar-refractivity contribution in [2.75, 3.05) is 13.2 Å². The van der Waals surface area contributed by atoms with Gasteiger partial charge in [-0.25, -0.2) is 4.79 Å². The molecule has 11 amide bonds. The molecule has 0 heterocycles. The smallest absolute Gasteiger partial charge is 0.326 e. The summed E-state index contributed by atoms with van der Waals surface area (Å²) in [4.78, 5) is 195. The molecule has 0 bridgehead atoms. The molecule has 21 N–H and O–H groups in total. The fraction of sp³-hybridized carbons (Fsp3) is 0.604. The second-order valence-electron chi connectivity index (χ2n) is 21.1. The molecule has 0 radical (unpaired) electrons. The minimum Gasteiger partial charge on any atom is -0.481 e. The fourth-order valence-electron chi connectivity index (χ4n) is 8.00. The van der Waals surface area contributed by atoms with Gasteiger partial charge >= 0.3 is 23.9 Å². The van der Waals surface area contributed by atoms with Gasteiger partial charge in [-0.1, -0.05) is 58.0 Å². The van der Waals surface area contributed by atoms with Crippen molar-refractivity contribution in [3.8, 4) is 0 Å². The van der Waals surface area contributed by atoms with Crippen molar-refractivity contribution in [2.24, 2.45) is 29.0 Å². The van der Waals surface area contributed by atoms with E-state index in [-0.39, 0.29) is 38.1 Å². The number of aliphatic hydroxyl groups excluding tert-OH is 1. The molecule has 11 atom stereocenters. The Hall–Kier alpha value is -8.85. The predicted octanol–water partition coefficient (Wildman–Crippen LogP) is -5.57. The van der Waals surface area contributed by atoms with E-state index < -0.39 is 206 Å². The summed E-state index contributed by atoms with van der Waals surface area (Å²) in [5.41, 5.74) is 16.8. The summed E-state index contributed by atoms with van der Waals surface area (Å²) < 4.78 is 0. The predicted molar refractivity (Wildman–Crippen MR) is 301 cm³/mol. The van der Waals surface area contributed by atoms with Crippen molar-refractivity contribution in [3.05, 3.63) is 35.9 Å². The number of rotatable bonds is 41. The van der Waals surface area contributed by atoms with E-state index in [1.54, 1.807) is 45.9 Å². The van der Waals surface area contributed by atoms with E-state index in [1.807, 2.05) is 0 Å². The van der Waals surface area contributed by atoms with Crippen molar-refractivity contribution in [3.63, 3.8) is 0 Å². The summed E-state index contributed by atoms with van der Waals surface area (Å²) in [6.45, 7) is 8.11. The van der Waals surface area contributed by atoms with Crippen molar-refractivity contribution in [2.45, 2.75) is 179 Å². The molecule has 0 aliphatic heterocycles. The molecule has 0 spiro atoms. The first-order valence-corrected chi connectivity index (χ1v) is 27.5. The maximum absolute atomic E-state index is 14.2. The Kier molecular flexibility index (Phi) is 33.4. The van der Waals surface area contributed by atoms with Crippen molar-refractivity contribution < 1.29 is 97.5 Å². The molecule has 0 unspecified atom stereocenters. The van der Waals surface area contributed by atoms with E-state index in [9.17, 15) is 97.5 Å². The minimum atomic E-state index is -2.16. The third-order valence-electron chi connectivity index (χ3n) is 12.5. The molecule has 33 heteroatoms. The molecular weight excluding hydrogens is 1140 g/mol. The summed E-state index contributed by atoms with van der Waals surface area (Å²) in [6, 6.07) is -10.6. The van der Waals surface area contributed by atoms with Crippen LogP contribution in [-0.4, -0.2) is 194 Å². The van der Waals surface area contributed by atoms with Crippen LogP contribution in [0.15, 0.2) is 30.3 Å². The third-order valence-corrected chi connectivity index (χ3v) is 12.5. The van der Waals surface area contributed by atoms with Gasteiger partial charge in [0.2, 0.25) is 65.0 Å². The van der Waals surface area contributed by atoms with Gasteiger partial charge in [0.25, 0.3) is 0 Å². The van der Waals surface area contributed by atoms with Crippen LogP contribution in [0, 0.1) is 11.8 Å². The van der Waals surface area contributed by atoms with Crippen LogP contribution in [0.5, 0.6) is 0 Å². The molecule has 33 nitrogen and oxygen atoms in total. The number of amides is 11. The van der Waals surface area contributed by atoms with Gasteiger partial charge in [0.05, 0.1) is 31.9 Å². The van der Waals surface area contributed by atoms with Gasteiger partial charge in [-0.15, -0.1) is 0 Å². The number of carboxylic acid groups (broad SMARTS) is 4. The first-order valence-electron chi connectivity index (χ1n) is 27.5. The Morgan fingerprint density at radius 3 is 1.21 bits per heavy atom.